The van der Waals surface area contributed by atoms with Gasteiger partial charge in [-0.1, -0.05) is 343 Å². The molecule has 0 bridgehead atoms. The van der Waals surface area contributed by atoms with Crippen LogP contribution in [0.5, 0.6) is 0 Å². The minimum atomic E-state index is 1.30. The Bertz CT molecular complexity index is 4960. The highest BCUT2D eigenvalue weighted by Gasteiger charge is 2.11. The van der Waals surface area contributed by atoms with Crippen LogP contribution in [0.2, 0.25) is 0 Å². The fourth-order valence-corrected chi connectivity index (χ4v) is 13.7. The molecule has 0 heterocycles. The third-order valence-electron chi connectivity index (χ3n) is 19.0. The highest BCUT2D eigenvalue weighted by molar-refractivity contribution is 5.77. The molecule has 0 fully saturated rings. The van der Waals surface area contributed by atoms with Crippen LogP contribution in [-0.4, -0.2) is 0 Å². The fourth-order valence-electron chi connectivity index (χ4n) is 13.7. The minimum absolute atomic E-state index is 1.30. The number of benzene rings is 14. The summed E-state index contributed by atoms with van der Waals surface area (Å²) in [5.41, 5.74) is 44.2. The third kappa shape index (κ3) is 22.3. The molecule has 0 unspecified atom stereocenters. The molecular weight excluding hydrogens is 1240 g/mol. The summed E-state index contributed by atoms with van der Waals surface area (Å²) >= 11 is 0. The van der Waals surface area contributed by atoms with E-state index in [0.717, 1.165) is 0 Å². The first kappa shape index (κ1) is 77.8. The lowest BCUT2D eigenvalue weighted by Gasteiger charge is -2.13. The standard InChI is InChI=1S/C16H18.3C15H16.3C14H14/c1-11-9-13(3)16(14(4)10-11)15-8-6-5-7-12(15)2;1-11-7-4-5-10-14(11)15-12(2)8-6-9-13(15)3;1-11-8-12(2)10-14(9-11)15-7-5-4-6-13(15)3;1-11-8-9-15(13(3)10-11)14-7-5-4-6-12(14)2;1-11-7-3-5-9-13(11)14-10-6-4-8-12(14)2;1-11-6-5-8-13(10-11)14-9-4-3-7-12(14)2;1-11-7-9-13(10-8-11)14-6-4-3-5-12(14)2/h5-10H,1-4H3;3*4-10H,1-3H3;3*3-10H,1-2H3. The molecule has 0 aliphatic heterocycles. The Morgan fingerprint density at radius 3 is 0.728 bits per heavy atom. The van der Waals surface area contributed by atoms with Crippen LogP contribution in [0.25, 0.3) is 77.9 Å². The van der Waals surface area contributed by atoms with Crippen molar-refractivity contribution in [1.82, 2.24) is 0 Å². The highest BCUT2D eigenvalue weighted by Crippen LogP contribution is 2.34. The molecule has 0 aliphatic rings. The Hall–Kier alpha value is -10.9. The zero-order valence-electron chi connectivity index (χ0n) is 64.9. The van der Waals surface area contributed by atoms with E-state index in [1.165, 1.54) is 184 Å². The summed E-state index contributed by atoms with van der Waals surface area (Å²) in [6.45, 7) is 41.0. The molecule has 0 saturated heterocycles. The summed E-state index contributed by atoms with van der Waals surface area (Å²) in [7, 11) is 0. The van der Waals surface area contributed by atoms with Gasteiger partial charge in [0.1, 0.15) is 0 Å². The maximum atomic E-state index is 2.26. The molecule has 0 N–H and O–H groups in total. The lowest BCUT2D eigenvalue weighted by molar-refractivity contribution is 1.31. The number of hydrogen-bond donors (Lipinski definition) is 0. The molecule has 0 aliphatic carbocycles. The quantitative estimate of drug-likeness (QED) is 0.149. The van der Waals surface area contributed by atoms with Crippen molar-refractivity contribution in [2.75, 3.05) is 0 Å². The van der Waals surface area contributed by atoms with Crippen molar-refractivity contribution in [3.63, 3.8) is 0 Å². The van der Waals surface area contributed by atoms with Crippen LogP contribution < -0.4 is 0 Å². The molecule has 0 atom stereocenters. The summed E-state index contributed by atoms with van der Waals surface area (Å²) in [6.07, 6.45) is 0. The van der Waals surface area contributed by atoms with Gasteiger partial charge in [-0.3, -0.25) is 0 Å². The second-order valence-corrected chi connectivity index (χ2v) is 28.0. The van der Waals surface area contributed by atoms with Crippen molar-refractivity contribution in [2.45, 2.75) is 132 Å². The van der Waals surface area contributed by atoms with E-state index in [1.54, 1.807) is 0 Å². The fraction of sp³-hybridized carbons (Fsp3) is 0.184. The Kier molecular flexibility index (Phi) is 28.9. The highest BCUT2D eigenvalue weighted by atomic mass is 14.2. The topological polar surface area (TPSA) is 0 Å². The van der Waals surface area contributed by atoms with E-state index in [0.29, 0.717) is 0 Å². The lowest BCUT2D eigenvalue weighted by atomic mass is 9.91. The van der Waals surface area contributed by atoms with Crippen LogP contribution in [0.3, 0.4) is 0 Å². The molecule has 0 amide bonds. The molecule has 520 valence electrons. The Morgan fingerprint density at radius 1 is 0.117 bits per heavy atom. The average molecular weight is 1350 g/mol. The first-order valence-electron chi connectivity index (χ1n) is 36.4. The van der Waals surface area contributed by atoms with Crippen LogP contribution in [0.1, 0.15) is 106 Å². The Balaban J connectivity index is 0.000000152. The summed E-state index contributed by atoms with van der Waals surface area (Å²) in [4.78, 5) is 0. The van der Waals surface area contributed by atoms with Gasteiger partial charge in [0, 0.05) is 0 Å². The second-order valence-electron chi connectivity index (χ2n) is 28.0. The second kappa shape index (κ2) is 38.2. The number of rotatable bonds is 7. The average Bonchev–Trinajstić information content (AvgIpc) is 0.847. The lowest BCUT2D eigenvalue weighted by Crippen LogP contribution is -1.91. The van der Waals surface area contributed by atoms with E-state index in [1.807, 2.05) is 0 Å². The molecule has 14 aromatic carbocycles. The normalized spacial score (nSPS) is 10.3. The molecule has 0 aromatic heterocycles. The summed E-state index contributed by atoms with van der Waals surface area (Å²) in [5.74, 6) is 0. The van der Waals surface area contributed by atoms with E-state index in [2.05, 4.69) is 441 Å². The van der Waals surface area contributed by atoms with Gasteiger partial charge in [-0.15, -0.1) is 0 Å². The van der Waals surface area contributed by atoms with E-state index < -0.39 is 0 Å². The predicted octanol–water partition coefficient (Wildman–Crippen LogP) is 29.3. The van der Waals surface area contributed by atoms with Crippen molar-refractivity contribution in [1.29, 1.82) is 0 Å². The van der Waals surface area contributed by atoms with E-state index in [9.17, 15) is 0 Å². The van der Waals surface area contributed by atoms with Crippen molar-refractivity contribution < 1.29 is 0 Å². The monoisotopic (exact) mass is 1340 g/mol. The van der Waals surface area contributed by atoms with E-state index in [-0.39, 0.29) is 0 Å². The maximum absolute atomic E-state index is 2.26. The first-order valence-corrected chi connectivity index (χ1v) is 36.4. The zero-order valence-corrected chi connectivity index (χ0v) is 64.9. The summed E-state index contributed by atoms with van der Waals surface area (Å²) in [6, 6.07) is 110. The van der Waals surface area contributed by atoms with Crippen molar-refractivity contribution in [3.8, 4) is 77.9 Å². The van der Waals surface area contributed by atoms with E-state index >= 15 is 0 Å². The summed E-state index contributed by atoms with van der Waals surface area (Å²) < 4.78 is 0. The van der Waals surface area contributed by atoms with Crippen LogP contribution in [0, 0.1) is 132 Å². The molecule has 14 rings (SSSR count). The largest absolute Gasteiger partial charge is 0.0620 e. The van der Waals surface area contributed by atoms with Crippen LogP contribution in [-0.2, 0) is 0 Å². The van der Waals surface area contributed by atoms with Gasteiger partial charge in [-0.25, -0.2) is 0 Å². The van der Waals surface area contributed by atoms with Crippen molar-refractivity contribution in [3.05, 3.63) is 415 Å². The maximum Gasteiger partial charge on any atom is -0.0123 e. The van der Waals surface area contributed by atoms with Gasteiger partial charge in [0.05, 0.1) is 0 Å². The number of aryl methyl sites for hydroxylation is 19. The van der Waals surface area contributed by atoms with Gasteiger partial charge in [0.2, 0.25) is 0 Å². The molecule has 0 radical (unpaired) electrons. The SMILES string of the molecule is Cc1cc(C)c(-c2ccccc2C)c(C)c1.Cc1cc(C)cc(-c2ccccc2C)c1.Cc1ccc(-c2ccccc2C)c(C)c1.Cc1ccc(-c2ccccc2C)cc1.Cc1cccc(-c2ccccc2C)c1.Cc1ccccc1-c1c(C)cccc1C.Cc1ccccc1-c1ccccc1C. The Labute approximate surface area is 620 Å². The first-order chi connectivity index (χ1) is 49.5. The van der Waals surface area contributed by atoms with Crippen molar-refractivity contribution in [2.24, 2.45) is 0 Å². The van der Waals surface area contributed by atoms with Gasteiger partial charge >= 0.3 is 0 Å². The van der Waals surface area contributed by atoms with E-state index in [4.69, 9.17) is 0 Å². The van der Waals surface area contributed by atoms with Gasteiger partial charge in [0.25, 0.3) is 0 Å². The molecule has 0 spiro atoms. The third-order valence-corrected chi connectivity index (χ3v) is 19.0. The molecule has 14 aromatic rings. The molecular formula is C103H108. The Morgan fingerprint density at radius 2 is 0.369 bits per heavy atom. The smallest absolute Gasteiger partial charge is 0.0123 e. The van der Waals surface area contributed by atoms with Crippen molar-refractivity contribution >= 4 is 0 Å². The molecule has 103 heavy (non-hydrogen) atoms. The van der Waals surface area contributed by atoms with Gasteiger partial charge in [-0.2, -0.15) is 0 Å². The molecule has 0 heteroatoms. The van der Waals surface area contributed by atoms with Crippen LogP contribution in [0.4, 0.5) is 0 Å². The molecule has 0 nitrogen and oxygen atoms in total. The minimum Gasteiger partial charge on any atom is -0.0620 e. The predicted molar refractivity (Wildman–Crippen MR) is 453 cm³/mol. The summed E-state index contributed by atoms with van der Waals surface area (Å²) in [5, 5.41) is 0. The molecule has 0 saturated carbocycles. The number of hydrogen-bond acceptors (Lipinski definition) is 0. The van der Waals surface area contributed by atoms with Crippen LogP contribution in [0.15, 0.2) is 309 Å². The van der Waals surface area contributed by atoms with Gasteiger partial charge in [-0.05, 0) is 282 Å². The van der Waals surface area contributed by atoms with Gasteiger partial charge < -0.3 is 0 Å². The van der Waals surface area contributed by atoms with Gasteiger partial charge in [0.15, 0.2) is 0 Å². The van der Waals surface area contributed by atoms with Crippen LogP contribution >= 0.6 is 0 Å². The zero-order chi connectivity index (χ0) is 74.1.